The molecule has 0 saturated heterocycles. The molecule has 0 aliphatic carbocycles. The van der Waals surface area contributed by atoms with Crippen molar-refractivity contribution in [2.75, 3.05) is 0 Å². The van der Waals surface area contributed by atoms with Gasteiger partial charge in [-0.15, -0.1) is 0 Å². The Kier molecular flexibility index (Phi) is 3.61. The molecule has 2 aromatic rings. The van der Waals surface area contributed by atoms with Gasteiger partial charge in [-0.3, -0.25) is 11.3 Å². The van der Waals surface area contributed by atoms with Crippen molar-refractivity contribution >= 4 is 0 Å². The van der Waals surface area contributed by atoms with Gasteiger partial charge in [0, 0.05) is 5.56 Å². The Balaban J connectivity index is 2.22. The minimum absolute atomic E-state index is 0.0925. The van der Waals surface area contributed by atoms with Crippen LogP contribution in [0.15, 0.2) is 41.0 Å². The molecule has 0 saturated carbocycles. The third kappa shape index (κ3) is 2.57. The fourth-order valence-electron chi connectivity index (χ4n) is 2.07. The van der Waals surface area contributed by atoms with Crippen LogP contribution in [0.5, 0.6) is 0 Å². The summed E-state index contributed by atoms with van der Waals surface area (Å²) in [5.74, 6) is 6.56. The smallest absolute Gasteiger partial charge is 0.105 e. The standard InChI is InChI=1S/C14H18N2O/c1-10-5-3-4-6-12(10)9-14(16-15)13-7-8-17-11(13)2/h3-8,14,16H,9,15H2,1-2H3. The average molecular weight is 230 g/mol. The molecule has 1 atom stereocenters. The number of furan rings is 1. The maximum absolute atomic E-state index is 5.64. The fourth-order valence-corrected chi connectivity index (χ4v) is 2.07. The summed E-state index contributed by atoms with van der Waals surface area (Å²) in [6.07, 6.45) is 2.57. The maximum Gasteiger partial charge on any atom is 0.105 e. The first kappa shape index (κ1) is 11.9. The van der Waals surface area contributed by atoms with E-state index in [1.165, 1.54) is 11.1 Å². The Hall–Kier alpha value is -1.58. The number of hydrogen-bond donors (Lipinski definition) is 2. The molecule has 2 rings (SSSR count). The van der Waals surface area contributed by atoms with E-state index < -0.39 is 0 Å². The van der Waals surface area contributed by atoms with Gasteiger partial charge in [0.25, 0.3) is 0 Å². The van der Waals surface area contributed by atoms with E-state index in [9.17, 15) is 0 Å². The molecule has 3 N–H and O–H groups in total. The van der Waals surface area contributed by atoms with Gasteiger partial charge in [0.15, 0.2) is 0 Å². The molecule has 1 unspecified atom stereocenters. The van der Waals surface area contributed by atoms with Crippen LogP contribution < -0.4 is 11.3 Å². The van der Waals surface area contributed by atoms with Crippen molar-refractivity contribution in [3.8, 4) is 0 Å². The van der Waals surface area contributed by atoms with E-state index in [0.717, 1.165) is 17.7 Å². The van der Waals surface area contributed by atoms with E-state index in [2.05, 4.69) is 30.5 Å². The molecule has 1 heterocycles. The van der Waals surface area contributed by atoms with Crippen molar-refractivity contribution < 1.29 is 4.42 Å². The minimum atomic E-state index is 0.0925. The monoisotopic (exact) mass is 230 g/mol. The van der Waals surface area contributed by atoms with Crippen LogP contribution in [0.4, 0.5) is 0 Å². The normalized spacial score (nSPS) is 12.6. The highest BCUT2D eigenvalue weighted by Gasteiger charge is 2.15. The SMILES string of the molecule is Cc1ccccc1CC(NN)c1ccoc1C. The number of hydrazine groups is 1. The average Bonchev–Trinajstić information content (AvgIpc) is 2.75. The Morgan fingerprint density at radius 3 is 2.59 bits per heavy atom. The zero-order valence-electron chi connectivity index (χ0n) is 10.2. The number of aryl methyl sites for hydroxylation is 2. The summed E-state index contributed by atoms with van der Waals surface area (Å²) < 4.78 is 5.32. The van der Waals surface area contributed by atoms with Gasteiger partial charge in [-0.25, -0.2) is 0 Å². The molecule has 0 amide bonds. The summed E-state index contributed by atoms with van der Waals surface area (Å²) in [5.41, 5.74) is 6.57. The molecular weight excluding hydrogens is 212 g/mol. The molecule has 3 nitrogen and oxygen atoms in total. The van der Waals surface area contributed by atoms with Crippen LogP contribution >= 0.6 is 0 Å². The lowest BCUT2D eigenvalue weighted by molar-refractivity contribution is 0.501. The first-order valence-corrected chi connectivity index (χ1v) is 5.77. The first-order valence-electron chi connectivity index (χ1n) is 5.77. The lowest BCUT2D eigenvalue weighted by Crippen LogP contribution is -2.29. The molecule has 90 valence electrons. The summed E-state index contributed by atoms with van der Waals surface area (Å²) in [4.78, 5) is 0. The predicted octanol–water partition coefficient (Wildman–Crippen LogP) is 2.64. The Bertz CT molecular complexity index is 490. The molecule has 0 spiro atoms. The topological polar surface area (TPSA) is 51.2 Å². The van der Waals surface area contributed by atoms with E-state index in [0.29, 0.717) is 0 Å². The first-order chi connectivity index (χ1) is 8.22. The van der Waals surface area contributed by atoms with Gasteiger partial charge in [-0.2, -0.15) is 0 Å². The van der Waals surface area contributed by atoms with Gasteiger partial charge < -0.3 is 4.42 Å². The van der Waals surface area contributed by atoms with Crippen molar-refractivity contribution in [1.29, 1.82) is 0 Å². The number of hydrogen-bond acceptors (Lipinski definition) is 3. The highest BCUT2D eigenvalue weighted by atomic mass is 16.3. The molecule has 3 heteroatoms. The van der Waals surface area contributed by atoms with Crippen molar-refractivity contribution in [1.82, 2.24) is 5.43 Å². The maximum atomic E-state index is 5.64. The fraction of sp³-hybridized carbons (Fsp3) is 0.286. The van der Waals surface area contributed by atoms with Crippen LogP contribution in [0, 0.1) is 13.8 Å². The highest BCUT2D eigenvalue weighted by Crippen LogP contribution is 2.23. The van der Waals surface area contributed by atoms with Gasteiger partial charge in [0.2, 0.25) is 0 Å². The molecule has 0 bridgehead atoms. The van der Waals surface area contributed by atoms with Gasteiger partial charge in [0.1, 0.15) is 5.76 Å². The molecule has 1 aromatic heterocycles. The van der Waals surface area contributed by atoms with Crippen molar-refractivity contribution in [3.05, 3.63) is 59.0 Å². The third-order valence-electron chi connectivity index (χ3n) is 3.16. The van der Waals surface area contributed by atoms with Crippen LogP contribution in [0.2, 0.25) is 0 Å². The molecule has 0 aliphatic heterocycles. The van der Waals surface area contributed by atoms with Crippen LogP contribution in [0.25, 0.3) is 0 Å². The zero-order valence-corrected chi connectivity index (χ0v) is 10.2. The van der Waals surface area contributed by atoms with Crippen LogP contribution in [0.1, 0.15) is 28.5 Å². The van der Waals surface area contributed by atoms with E-state index in [-0.39, 0.29) is 6.04 Å². The Morgan fingerprint density at radius 1 is 1.24 bits per heavy atom. The van der Waals surface area contributed by atoms with Gasteiger partial charge in [-0.1, -0.05) is 24.3 Å². The van der Waals surface area contributed by atoms with Crippen molar-refractivity contribution in [3.63, 3.8) is 0 Å². The predicted molar refractivity (Wildman–Crippen MR) is 68.4 cm³/mol. The summed E-state index contributed by atoms with van der Waals surface area (Å²) in [6, 6.07) is 10.4. The van der Waals surface area contributed by atoms with Crippen LogP contribution in [-0.4, -0.2) is 0 Å². The number of benzene rings is 1. The van der Waals surface area contributed by atoms with E-state index in [1.54, 1.807) is 6.26 Å². The minimum Gasteiger partial charge on any atom is -0.469 e. The third-order valence-corrected chi connectivity index (χ3v) is 3.16. The summed E-state index contributed by atoms with van der Waals surface area (Å²) >= 11 is 0. The summed E-state index contributed by atoms with van der Waals surface area (Å²) in [7, 11) is 0. The number of rotatable bonds is 4. The van der Waals surface area contributed by atoms with Crippen LogP contribution in [-0.2, 0) is 6.42 Å². The molecule has 1 aromatic carbocycles. The van der Waals surface area contributed by atoms with Gasteiger partial charge in [0.05, 0.1) is 12.3 Å². The Labute approximate surface area is 102 Å². The molecule has 0 aliphatic rings. The quantitative estimate of drug-likeness (QED) is 0.627. The largest absolute Gasteiger partial charge is 0.469 e. The second kappa shape index (κ2) is 5.17. The highest BCUT2D eigenvalue weighted by molar-refractivity contribution is 5.29. The Morgan fingerprint density at radius 2 is 2.00 bits per heavy atom. The second-order valence-corrected chi connectivity index (χ2v) is 4.28. The molecule has 0 radical (unpaired) electrons. The molecule has 17 heavy (non-hydrogen) atoms. The zero-order chi connectivity index (χ0) is 12.3. The number of nitrogens with two attached hydrogens (primary N) is 1. The lowest BCUT2D eigenvalue weighted by atomic mass is 9.97. The van der Waals surface area contributed by atoms with E-state index >= 15 is 0 Å². The van der Waals surface area contributed by atoms with Gasteiger partial charge in [-0.05, 0) is 37.5 Å². The van der Waals surface area contributed by atoms with E-state index in [4.69, 9.17) is 10.3 Å². The van der Waals surface area contributed by atoms with Crippen molar-refractivity contribution in [2.24, 2.45) is 5.84 Å². The van der Waals surface area contributed by atoms with Crippen LogP contribution in [0.3, 0.4) is 0 Å². The van der Waals surface area contributed by atoms with Gasteiger partial charge >= 0.3 is 0 Å². The number of nitrogens with one attached hydrogen (secondary N) is 1. The lowest BCUT2D eigenvalue weighted by Gasteiger charge is -2.16. The summed E-state index contributed by atoms with van der Waals surface area (Å²) in [6.45, 7) is 4.07. The van der Waals surface area contributed by atoms with E-state index in [1.807, 2.05) is 19.1 Å². The van der Waals surface area contributed by atoms with Crippen molar-refractivity contribution in [2.45, 2.75) is 26.3 Å². The molecular formula is C14H18N2O. The second-order valence-electron chi connectivity index (χ2n) is 4.28. The molecule has 0 fully saturated rings. The summed E-state index contributed by atoms with van der Waals surface area (Å²) in [5, 5.41) is 0.